The van der Waals surface area contributed by atoms with Crippen molar-refractivity contribution in [1.29, 1.82) is 0 Å². The summed E-state index contributed by atoms with van der Waals surface area (Å²) >= 11 is 0. The lowest BCUT2D eigenvalue weighted by Gasteiger charge is -2.29. The Morgan fingerprint density at radius 3 is 2.56 bits per heavy atom. The van der Waals surface area contributed by atoms with Gasteiger partial charge in [0.25, 0.3) is 0 Å². The number of hydrogen-bond acceptors (Lipinski definition) is 3. The third-order valence-corrected chi connectivity index (χ3v) is 4.42. The van der Waals surface area contributed by atoms with Gasteiger partial charge in [-0.25, -0.2) is 0 Å². The second-order valence-electron chi connectivity index (χ2n) is 6.08. The highest BCUT2D eigenvalue weighted by molar-refractivity contribution is 5.09. The molecule has 0 spiro atoms. The van der Waals surface area contributed by atoms with Crippen molar-refractivity contribution in [2.75, 3.05) is 6.54 Å². The zero-order valence-corrected chi connectivity index (χ0v) is 11.5. The van der Waals surface area contributed by atoms with Crippen LogP contribution >= 0.6 is 0 Å². The van der Waals surface area contributed by atoms with Crippen molar-refractivity contribution in [3.8, 4) is 0 Å². The van der Waals surface area contributed by atoms with Crippen LogP contribution in [0, 0.1) is 5.92 Å². The first-order valence-electron chi connectivity index (χ1n) is 7.43. The molecule has 0 amide bonds. The van der Waals surface area contributed by atoms with Crippen LogP contribution in [0.25, 0.3) is 0 Å². The molecule has 100 valence electrons. The summed E-state index contributed by atoms with van der Waals surface area (Å²) in [7, 11) is 0. The van der Waals surface area contributed by atoms with Gasteiger partial charge in [-0.2, -0.15) is 0 Å². The molecule has 1 aliphatic heterocycles. The Kier molecular flexibility index (Phi) is 3.37. The summed E-state index contributed by atoms with van der Waals surface area (Å²) in [6.45, 7) is 6.59. The molecular weight excluding hydrogens is 224 g/mol. The molecule has 3 rings (SSSR count). The van der Waals surface area contributed by atoms with Gasteiger partial charge in [0, 0.05) is 19.0 Å². The van der Waals surface area contributed by atoms with E-state index in [0.717, 1.165) is 18.9 Å². The number of nitrogens with zero attached hydrogens (tertiary/aromatic N) is 3. The van der Waals surface area contributed by atoms with Gasteiger partial charge in [-0.15, -0.1) is 10.2 Å². The SMILES string of the molecule is CC(C)C1NCCn2c(C3CCCCC3)nnc21. The minimum absolute atomic E-state index is 0.378. The van der Waals surface area contributed by atoms with Crippen LogP contribution in [0.5, 0.6) is 0 Å². The van der Waals surface area contributed by atoms with Crippen LogP contribution < -0.4 is 5.32 Å². The Hall–Kier alpha value is -0.900. The fourth-order valence-corrected chi connectivity index (χ4v) is 3.41. The van der Waals surface area contributed by atoms with E-state index in [-0.39, 0.29) is 0 Å². The van der Waals surface area contributed by atoms with Crippen LogP contribution in [0.3, 0.4) is 0 Å². The van der Waals surface area contributed by atoms with Gasteiger partial charge < -0.3 is 9.88 Å². The van der Waals surface area contributed by atoms with Gasteiger partial charge in [-0.1, -0.05) is 33.1 Å². The first kappa shape index (κ1) is 12.2. The van der Waals surface area contributed by atoms with Crippen molar-refractivity contribution in [2.45, 2.75) is 64.5 Å². The van der Waals surface area contributed by atoms with E-state index in [1.807, 2.05) is 0 Å². The van der Waals surface area contributed by atoms with Gasteiger partial charge in [0.1, 0.15) is 5.82 Å². The Bertz CT molecular complexity index is 404. The van der Waals surface area contributed by atoms with Gasteiger partial charge in [0.15, 0.2) is 5.82 Å². The second kappa shape index (κ2) is 5.00. The Morgan fingerprint density at radius 2 is 1.83 bits per heavy atom. The Labute approximate surface area is 109 Å². The number of hydrogen-bond donors (Lipinski definition) is 1. The molecule has 1 unspecified atom stereocenters. The van der Waals surface area contributed by atoms with E-state index in [2.05, 4.69) is 33.9 Å². The molecule has 1 fully saturated rings. The third kappa shape index (κ3) is 2.07. The molecule has 2 aliphatic rings. The number of aromatic nitrogens is 3. The average Bonchev–Trinajstić information content (AvgIpc) is 2.83. The molecule has 4 heteroatoms. The molecule has 0 bridgehead atoms. The molecule has 1 N–H and O–H groups in total. The maximum atomic E-state index is 4.53. The van der Waals surface area contributed by atoms with Gasteiger partial charge in [-0.3, -0.25) is 0 Å². The molecular formula is C14H24N4. The minimum Gasteiger partial charge on any atom is -0.312 e. The zero-order chi connectivity index (χ0) is 12.5. The fraction of sp³-hybridized carbons (Fsp3) is 0.857. The number of fused-ring (bicyclic) bond motifs is 1. The molecule has 4 nitrogen and oxygen atoms in total. The second-order valence-corrected chi connectivity index (χ2v) is 6.08. The smallest absolute Gasteiger partial charge is 0.150 e. The molecule has 0 saturated heterocycles. The van der Waals surface area contributed by atoms with Crippen molar-refractivity contribution in [1.82, 2.24) is 20.1 Å². The van der Waals surface area contributed by atoms with Crippen molar-refractivity contribution in [2.24, 2.45) is 5.92 Å². The Balaban J connectivity index is 1.89. The topological polar surface area (TPSA) is 42.7 Å². The lowest BCUT2D eigenvalue weighted by atomic mass is 9.88. The molecule has 1 atom stereocenters. The maximum Gasteiger partial charge on any atom is 0.150 e. The average molecular weight is 248 g/mol. The van der Waals surface area contributed by atoms with Crippen LogP contribution in [0.2, 0.25) is 0 Å². The van der Waals surface area contributed by atoms with E-state index in [1.54, 1.807) is 0 Å². The predicted octanol–water partition coefficient (Wildman–Crippen LogP) is 2.63. The van der Waals surface area contributed by atoms with Gasteiger partial charge >= 0.3 is 0 Å². The zero-order valence-electron chi connectivity index (χ0n) is 11.5. The Morgan fingerprint density at radius 1 is 1.11 bits per heavy atom. The molecule has 1 aromatic heterocycles. The van der Waals surface area contributed by atoms with Crippen molar-refractivity contribution >= 4 is 0 Å². The number of rotatable bonds is 2. The molecule has 1 aliphatic carbocycles. The minimum atomic E-state index is 0.378. The van der Waals surface area contributed by atoms with E-state index in [0.29, 0.717) is 17.9 Å². The van der Waals surface area contributed by atoms with Gasteiger partial charge in [0.05, 0.1) is 6.04 Å². The van der Waals surface area contributed by atoms with Crippen molar-refractivity contribution in [3.63, 3.8) is 0 Å². The largest absolute Gasteiger partial charge is 0.312 e. The number of nitrogens with one attached hydrogen (secondary N) is 1. The van der Waals surface area contributed by atoms with E-state index < -0.39 is 0 Å². The summed E-state index contributed by atoms with van der Waals surface area (Å²) in [5.74, 6) is 3.66. The molecule has 18 heavy (non-hydrogen) atoms. The summed E-state index contributed by atoms with van der Waals surface area (Å²) < 4.78 is 2.40. The first-order chi connectivity index (χ1) is 8.77. The highest BCUT2D eigenvalue weighted by atomic mass is 15.3. The van der Waals surface area contributed by atoms with Crippen molar-refractivity contribution < 1.29 is 0 Å². The molecule has 1 saturated carbocycles. The summed E-state index contributed by atoms with van der Waals surface area (Å²) in [6.07, 6.45) is 6.72. The lowest BCUT2D eigenvalue weighted by molar-refractivity contribution is 0.327. The van der Waals surface area contributed by atoms with Crippen LogP contribution in [0.15, 0.2) is 0 Å². The summed E-state index contributed by atoms with van der Waals surface area (Å²) in [5.41, 5.74) is 0. The van der Waals surface area contributed by atoms with Gasteiger partial charge in [0.2, 0.25) is 0 Å². The summed E-state index contributed by atoms with van der Waals surface area (Å²) in [5, 5.41) is 12.6. The van der Waals surface area contributed by atoms with Crippen LogP contribution in [0.1, 0.15) is 69.6 Å². The highest BCUT2D eigenvalue weighted by Crippen LogP contribution is 2.34. The van der Waals surface area contributed by atoms with Crippen LogP contribution in [-0.2, 0) is 6.54 Å². The molecule has 2 heterocycles. The van der Waals surface area contributed by atoms with E-state index in [9.17, 15) is 0 Å². The van der Waals surface area contributed by atoms with E-state index in [4.69, 9.17) is 0 Å². The highest BCUT2D eigenvalue weighted by Gasteiger charge is 2.30. The van der Waals surface area contributed by atoms with Gasteiger partial charge in [-0.05, 0) is 18.8 Å². The monoisotopic (exact) mass is 248 g/mol. The molecule has 0 radical (unpaired) electrons. The normalized spacial score (nSPS) is 25.4. The standard InChI is InChI=1S/C14H24N4/c1-10(2)12-14-17-16-13(18(14)9-8-15-12)11-6-4-3-5-7-11/h10-12,15H,3-9H2,1-2H3. The third-order valence-electron chi connectivity index (χ3n) is 4.42. The van der Waals surface area contributed by atoms with E-state index in [1.165, 1.54) is 37.9 Å². The first-order valence-corrected chi connectivity index (χ1v) is 7.43. The predicted molar refractivity (Wildman–Crippen MR) is 71.4 cm³/mol. The van der Waals surface area contributed by atoms with Crippen molar-refractivity contribution in [3.05, 3.63) is 11.6 Å². The molecule has 1 aromatic rings. The fourth-order valence-electron chi connectivity index (χ4n) is 3.41. The maximum absolute atomic E-state index is 4.53. The van der Waals surface area contributed by atoms with Crippen LogP contribution in [0.4, 0.5) is 0 Å². The summed E-state index contributed by atoms with van der Waals surface area (Å²) in [4.78, 5) is 0. The molecule has 0 aromatic carbocycles. The quantitative estimate of drug-likeness (QED) is 0.875. The summed E-state index contributed by atoms with van der Waals surface area (Å²) in [6, 6.07) is 0.378. The van der Waals surface area contributed by atoms with E-state index >= 15 is 0 Å². The van der Waals surface area contributed by atoms with Crippen LogP contribution in [-0.4, -0.2) is 21.3 Å². The lowest BCUT2D eigenvalue weighted by Crippen LogP contribution is -2.37.